The lowest BCUT2D eigenvalue weighted by molar-refractivity contribution is -0.170. The highest BCUT2D eigenvalue weighted by Crippen LogP contribution is 2.51. The fourth-order valence-corrected chi connectivity index (χ4v) is 4.92. The Kier molecular flexibility index (Phi) is 4.92. The third kappa shape index (κ3) is 2.95. The monoisotopic (exact) mass is 331 g/mol. The van der Waals surface area contributed by atoms with Gasteiger partial charge in [0.2, 0.25) is 0 Å². The lowest BCUT2D eigenvalue weighted by atomic mass is 9.62. The van der Waals surface area contributed by atoms with Crippen LogP contribution in [0, 0.1) is 17.8 Å². The number of aromatic nitrogens is 1. The molecule has 2 aliphatic rings. The quantitative estimate of drug-likeness (QED) is 0.899. The number of carbonyl (C=O) groups is 1. The number of pyridine rings is 1. The molecule has 0 spiro atoms. The number of amides is 1. The summed E-state index contributed by atoms with van der Waals surface area (Å²) in [6.07, 6.45) is 5.26. The van der Waals surface area contributed by atoms with Crippen LogP contribution in [0.4, 0.5) is 0 Å². The first-order valence-corrected chi connectivity index (χ1v) is 9.01. The van der Waals surface area contributed by atoms with Crippen molar-refractivity contribution < 1.29 is 9.53 Å². The molecule has 3 rings (SSSR count). The van der Waals surface area contributed by atoms with Gasteiger partial charge in [0.15, 0.2) is 0 Å². The Labute approximate surface area is 144 Å². The van der Waals surface area contributed by atoms with Crippen LogP contribution in [0.5, 0.6) is 0 Å². The lowest BCUT2D eigenvalue weighted by Crippen LogP contribution is -2.59. The van der Waals surface area contributed by atoms with Crippen LogP contribution in [-0.2, 0) is 10.3 Å². The van der Waals surface area contributed by atoms with Crippen molar-refractivity contribution in [1.82, 2.24) is 9.88 Å². The summed E-state index contributed by atoms with van der Waals surface area (Å²) in [6, 6.07) is 3.84. The number of primary amides is 1. The van der Waals surface area contributed by atoms with E-state index in [-0.39, 0.29) is 5.60 Å². The van der Waals surface area contributed by atoms with Crippen molar-refractivity contribution >= 4 is 5.91 Å². The molecule has 2 heterocycles. The minimum atomic E-state index is -0.481. The van der Waals surface area contributed by atoms with Gasteiger partial charge in [0.05, 0.1) is 0 Å². The molecule has 132 valence electrons. The summed E-state index contributed by atoms with van der Waals surface area (Å²) in [5, 5.41) is 0. The minimum Gasteiger partial charge on any atom is -0.373 e. The topological polar surface area (TPSA) is 68.5 Å². The highest BCUT2D eigenvalue weighted by atomic mass is 16.5. The summed E-state index contributed by atoms with van der Waals surface area (Å²) in [5.74, 6) is 1.07. The van der Waals surface area contributed by atoms with Crippen LogP contribution in [0.25, 0.3) is 0 Å². The van der Waals surface area contributed by atoms with E-state index in [0.29, 0.717) is 23.4 Å². The molecular formula is C19H29N3O2. The number of likely N-dealkylation sites (tertiary alicyclic amines) is 1. The van der Waals surface area contributed by atoms with Crippen LogP contribution in [0.1, 0.15) is 49.2 Å². The number of methoxy groups -OCH3 is 1. The normalized spacial score (nSPS) is 30.5. The van der Waals surface area contributed by atoms with Crippen LogP contribution >= 0.6 is 0 Å². The number of nitrogens with zero attached hydrogens (tertiary/aromatic N) is 2. The summed E-state index contributed by atoms with van der Waals surface area (Å²) in [5.41, 5.74) is 6.51. The molecule has 1 aromatic rings. The standard InChI is InChI=1S/C19H29N3O2/c1-13(2)10-22-11-15-5-4-6-16(12-22)19(15,24-3)14-7-8-21-17(9-14)18(20)23/h7-9,13,15-16H,4-6,10-12H2,1-3H3,(H2,20,23). The van der Waals surface area contributed by atoms with Gasteiger partial charge < -0.3 is 15.4 Å². The van der Waals surface area contributed by atoms with Gasteiger partial charge in [-0.3, -0.25) is 9.78 Å². The number of carbonyl (C=O) groups excluding carboxylic acids is 1. The van der Waals surface area contributed by atoms with Crippen molar-refractivity contribution in [2.75, 3.05) is 26.7 Å². The zero-order valence-corrected chi connectivity index (χ0v) is 15.0. The van der Waals surface area contributed by atoms with E-state index in [0.717, 1.165) is 38.0 Å². The summed E-state index contributed by atoms with van der Waals surface area (Å²) >= 11 is 0. The molecule has 1 saturated carbocycles. The maximum atomic E-state index is 11.6. The second kappa shape index (κ2) is 6.81. The van der Waals surface area contributed by atoms with Gasteiger partial charge in [0.25, 0.3) is 5.91 Å². The van der Waals surface area contributed by atoms with E-state index >= 15 is 0 Å². The van der Waals surface area contributed by atoms with Gasteiger partial charge in [-0.25, -0.2) is 0 Å². The van der Waals surface area contributed by atoms with Crippen molar-refractivity contribution in [2.45, 2.75) is 38.7 Å². The molecule has 1 aromatic heterocycles. The summed E-state index contributed by atoms with van der Waals surface area (Å²) in [4.78, 5) is 18.3. The molecule has 2 N–H and O–H groups in total. The van der Waals surface area contributed by atoms with Gasteiger partial charge >= 0.3 is 0 Å². The van der Waals surface area contributed by atoms with Gasteiger partial charge in [0, 0.05) is 44.8 Å². The van der Waals surface area contributed by atoms with E-state index in [9.17, 15) is 4.79 Å². The zero-order valence-electron chi connectivity index (χ0n) is 15.0. The van der Waals surface area contributed by atoms with Crippen LogP contribution in [0.15, 0.2) is 18.3 Å². The lowest BCUT2D eigenvalue weighted by Gasteiger charge is -2.55. The van der Waals surface area contributed by atoms with Crippen LogP contribution in [0.3, 0.4) is 0 Å². The number of hydrogen-bond acceptors (Lipinski definition) is 4. The molecule has 1 saturated heterocycles. The fraction of sp³-hybridized carbons (Fsp3) is 0.684. The number of rotatable bonds is 5. The molecule has 2 bridgehead atoms. The van der Waals surface area contributed by atoms with Gasteiger partial charge in [-0.1, -0.05) is 20.3 Å². The van der Waals surface area contributed by atoms with E-state index in [1.54, 1.807) is 6.20 Å². The Morgan fingerprint density at radius 3 is 2.62 bits per heavy atom. The third-order valence-electron chi connectivity index (χ3n) is 5.70. The van der Waals surface area contributed by atoms with E-state index in [4.69, 9.17) is 10.5 Å². The molecule has 5 nitrogen and oxygen atoms in total. The molecule has 1 aliphatic carbocycles. The zero-order chi connectivity index (χ0) is 17.3. The predicted octanol–water partition coefficient (Wildman–Crippen LogP) is 2.41. The maximum absolute atomic E-state index is 11.6. The van der Waals surface area contributed by atoms with Crippen molar-refractivity contribution in [3.8, 4) is 0 Å². The second-order valence-electron chi connectivity index (χ2n) is 7.73. The molecule has 5 heteroatoms. The number of ether oxygens (including phenoxy) is 1. The first-order valence-electron chi connectivity index (χ1n) is 9.01. The first-order chi connectivity index (χ1) is 11.5. The van der Waals surface area contributed by atoms with E-state index in [1.807, 2.05) is 19.2 Å². The van der Waals surface area contributed by atoms with E-state index in [2.05, 4.69) is 23.7 Å². The average Bonchev–Trinajstić information content (AvgIpc) is 2.53. The van der Waals surface area contributed by atoms with Gasteiger partial charge in [-0.2, -0.15) is 0 Å². The summed E-state index contributed by atoms with van der Waals surface area (Å²) in [7, 11) is 1.81. The van der Waals surface area contributed by atoms with Crippen LogP contribution < -0.4 is 5.73 Å². The molecule has 1 aliphatic heterocycles. The SMILES string of the molecule is COC1(c2ccnc(C(N)=O)c2)C2CCCC1CN(CC(C)C)C2. The van der Waals surface area contributed by atoms with E-state index < -0.39 is 5.91 Å². The fourth-order valence-electron chi connectivity index (χ4n) is 4.92. The Bertz CT molecular complexity index is 588. The smallest absolute Gasteiger partial charge is 0.267 e. The molecule has 2 atom stereocenters. The van der Waals surface area contributed by atoms with Crippen molar-refractivity contribution in [2.24, 2.45) is 23.5 Å². The Hall–Kier alpha value is -1.46. The Balaban J connectivity index is 1.97. The van der Waals surface area contributed by atoms with Crippen molar-refractivity contribution in [3.63, 3.8) is 0 Å². The largest absolute Gasteiger partial charge is 0.373 e. The molecule has 24 heavy (non-hydrogen) atoms. The van der Waals surface area contributed by atoms with Gasteiger partial charge in [-0.05, 0) is 36.5 Å². The third-order valence-corrected chi connectivity index (χ3v) is 5.70. The highest BCUT2D eigenvalue weighted by molar-refractivity contribution is 5.90. The number of nitrogens with two attached hydrogens (primary N) is 1. The summed E-state index contributed by atoms with van der Waals surface area (Å²) in [6.45, 7) is 7.79. The molecule has 1 amide bonds. The minimum absolute atomic E-state index is 0.321. The molecule has 2 fully saturated rings. The molecular weight excluding hydrogens is 302 g/mol. The predicted molar refractivity (Wildman–Crippen MR) is 93.6 cm³/mol. The van der Waals surface area contributed by atoms with Gasteiger partial charge in [0.1, 0.15) is 11.3 Å². The highest BCUT2D eigenvalue weighted by Gasteiger charge is 2.53. The van der Waals surface area contributed by atoms with Crippen LogP contribution in [0.2, 0.25) is 0 Å². The number of piperidine rings is 1. The van der Waals surface area contributed by atoms with E-state index in [1.165, 1.54) is 6.42 Å². The molecule has 2 unspecified atom stereocenters. The first kappa shape index (κ1) is 17.4. The Morgan fingerprint density at radius 2 is 2.08 bits per heavy atom. The average molecular weight is 331 g/mol. The maximum Gasteiger partial charge on any atom is 0.267 e. The number of hydrogen-bond donors (Lipinski definition) is 1. The van der Waals surface area contributed by atoms with Crippen molar-refractivity contribution in [1.29, 1.82) is 0 Å². The van der Waals surface area contributed by atoms with Crippen LogP contribution in [-0.4, -0.2) is 42.5 Å². The Morgan fingerprint density at radius 1 is 1.42 bits per heavy atom. The summed E-state index contributed by atoms with van der Waals surface area (Å²) < 4.78 is 6.21. The number of fused-ring (bicyclic) bond motifs is 2. The van der Waals surface area contributed by atoms with Crippen molar-refractivity contribution in [3.05, 3.63) is 29.6 Å². The molecule has 0 aromatic carbocycles. The second-order valence-corrected chi connectivity index (χ2v) is 7.73. The van der Waals surface area contributed by atoms with Gasteiger partial charge in [-0.15, -0.1) is 0 Å². The molecule has 0 radical (unpaired) electrons.